The van der Waals surface area contributed by atoms with Gasteiger partial charge in [0.25, 0.3) is 0 Å². The third-order valence-corrected chi connectivity index (χ3v) is 4.61. The Labute approximate surface area is 141 Å². The van der Waals surface area contributed by atoms with Gasteiger partial charge in [0.2, 0.25) is 0 Å². The maximum Gasteiger partial charge on any atom is 0.119 e. The molecule has 2 nitrogen and oxygen atoms in total. The molecule has 4 rings (SSSR count). The summed E-state index contributed by atoms with van der Waals surface area (Å²) in [5, 5.41) is 11.7. The van der Waals surface area contributed by atoms with Crippen LogP contribution in [0.1, 0.15) is 28.3 Å². The largest absolute Gasteiger partial charge is 0.508 e. The second-order valence-electron chi connectivity index (χ2n) is 6.11. The summed E-state index contributed by atoms with van der Waals surface area (Å²) in [5.41, 5.74) is 5.58. The number of rotatable bonds is 3. The molecule has 24 heavy (non-hydrogen) atoms. The number of phenols is 1. The van der Waals surface area contributed by atoms with E-state index in [0.717, 1.165) is 16.8 Å². The molecule has 0 aliphatic heterocycles. The van der Waals surface area contributed by atoms with Gasteiger partial charge in [0.1, 0.15) is 5.75 Å². The fraction of sp³-hybridized carbons (Fsp3) is 0.0909. The third-order valence-electron chi connectivity index (χ3n) is 4.61. The average molecular weight is 313 g/mol. The summed E-state index contributed by atoms with van der Waals surface area (Å²) in [6, 6.07) is 26.3. The first-order chi connectivity index (χ1) is 11.8. The minimum absolute atomic E-state index is 0.0106. The zero-order chi connectivity index (χ0) is 16.5. The highest BCUT2D eigenvalue weighted by atomic mass is 16.3. The summed E-state index contributed by atoms with van der Waals surface area (Å²) in [6.45, 7) is 2.10. The first-order valence-electron chi connectivity index (χ1n) is 8.16. The van der Waals surface area contributed by atoms with E-state index in [4.69, 9.17) is 0 Å². The summed E-state index contributed by atoms with van der Waals surface area (Å²) >= 11 is 0. The summed E-state index contributed by atoms with van der Waals surface area (Å²) in [6.07, 6.45) is 0. The van der Waals surface area contributed by atoms with Crippen LogP contribution in [0.2, 0.25) is 0 Å². The summed E-state index contributed by atoms with van der Waals surface area (Å²) in [4.78, 5) is 3.48. The lowest BCUT2D eigenvalue weighted by Gasteiger charge is -2.20. The summed E-state index contributed by atoms with van der Waals surface area (Å²) in [5.74, 6) is 0.319. The first kappa shape index (κ1) is 14.6. The normalized spacial score (nSPS) is 12.4. The van der Waals surface area contributed by atoms with Gasteiger partial charge in [-0.3, -0.25) is 0 Å². The van der Waals surface area contributed by atoms with Crippen LogP contribution in [-0.4, -0.2) is 10.1 Å². The highest BCUT2D eigenvalue weighted by molar-refractivity contribution is 5.86. The number of aromatic hydroxyl groups is 1. The standard InChI is InChI=1S/C22H19NO/c1-15-21(17-11-5-7-13-19(17)23-15)22(16-9-3-2-4-10-16)18-12-6-8-14-20(18)24/h2-14,22-24H,1H3. The van der Waals surface area contributed by atoms with Crippen molar-refractivity contribution < 1.29 is 5.11 Å². The molecular formula is C22H19NO. The lowest BCUT2D eigenvalue weighted by atomic mass is 9.83. The van der Waals surface area contributed by atoms with Crippen molar-refractivity contribution in [1.29, 1.82) is 0 Å². The quantitative estimate of drug-likeness (QED) is 0.524. The molecule has 0 bridgehead atoms. The number of H-pyrrole nitrogens is 1. The van der Waals surface area contributed by atoms with Crippen LogP contribution in [0, 0.1) is 6.92 Å². The lowest BCUT2D eigenvalue weighted by Crippen LogP contribution is -2.04. The number of hydrogen-bond acceptors (Lipinski definition) is 1. The molecule has 0 radical (unpaired) electrons. The number of fused-ring (bicyclic) bond motifs is 1. The average Bonchev–Trinajstić information content (AvgIpc) is 2.94. The number of aryl methyl sites for hydroxylation is 1. The Kier molecular flexibility index (Phi) is 3.58. The van der Waals surface area contributed by atoms with Crippen molar-refractivity contribution in [3.05, 3.63) is 101 Å². The molecular weight excluding hydrogens is 294 g/mol. The minimum atomic E-state index is -0.0106. The predicted octanol–water partition coefficient (Wildman–Crippen LogP) is 5.36. The number of benzene rings is 3. The summed E-state index contributed by atoms with van der Waals surface area (Å²) < 4.78 is 0. The van der Waals surface area contributed by atoms with Gasteiger partial charge in [-0.1, -0.05) is 66.7 Å². The Morgan fingerprint density at radius 3 is 2.25 bits per heavy atom. The van der Waals surface area contributed by atoms with Crippen LogP contribution in [0.25, 0.3) is 10.9 Å². The molecule has 0 amide bonds. The number of aromatic nitrogens is 1. The topological polar surface area (TPSA) is 36.0 Å². The minimum Gasteiger partial charge on any atom is -0.508 e. The SMILES string of the molecule is Cc1[nH]c2ccccc2c1C(c1ccccc1)c1ccccc1O. The molecule has 0 fully saturated rings. The molecule has 2 heteroatoms. The van der Waals surface area contributed by atoms with Gasteiger partial charge in [-0.2, -0.15) is 0 Å². The molecule has 0 saturated heterocycles. The van der Waals surface area contributed by atoms with Crippen LogP contribution in [0.3, 0.4) is 0 Å². The van der Waals surface area contributed by atoms with Gasteiger partial charge < -0.3 is 10.1 Å². The fourth-order valence-corrected chi connectivity index (χ4v) is 3.55. The predicted molar refractivity (Wildman–Crippen MR) is 98.5 cm³/mol. The van der Waals surface area contributed by atoms with Gasteiger partial charge >= 0.3 is 0 Å². The van der Waals surface area contributed by atoms with Crippen molar-refractivity contribution in [2.45, 2.75) is 12.8 Å². The molecule has 0 saturated carbocycles. The van der Waals surface area contributed by atoms with Gasteiger partial charge in [-0.15, -0.1) is 0 Å². The first-order valence-corrected chi connectivity index (χ1v) is 8.16. The van der Waals surface area contributed by atoms with Crippen LogP contribution in [0.4, 0.5) is 0 Å². The van der Waals surface area contributed by atoms with Crippen LogP contribution in [-0.2, 0) is 0 Å². The highest BCUT2D eigenvalue weighted by Gasteiger charge is 2.24. The number of nitrogens with one attached hydrogen (secondary N) is 1. The zero-order valence-corrected chi connectivity index (χ0v) is 13.5. The van der Waals surface area contributed by atoms with Crippen molar-refractivity contribution in [3.63, 3.8) is 0 Å². The van der Waals surface area contributed by atoms with Crippen molar-refractivity contribution >= 4 is 10.9 Å². The Morgan fingerprint density at radius 2 is 1.46 bits per heavy atom. The van der Waals surface area contributed by atoms with Crippen molar-refractivity contribution in [1.82, 2.24) is 4.98 Å². The molecule has 0 aliphatic rings. The Morgan fingerprint density at radius 1 is 0.792 bits per heavy atom. The maximum atomic E-state index is 10.5. The van der Waals surface area contributed by atoms with E-state index in [0.29, 0.717) is 5.75 Å². The fourth-order valence-electron chi connectivity index (χ4n) is 3.55. The number of phenolic OH excluding ortho intramolecular Hbond substituents is 1. The van der Waals surface area contributed by atoms with Gasteiger partial charge in [0, 0.05) is 28.1 Å². The van der Waals surface area contributed by atoms with Gasteiger partial charge in [0.05, 0.1) is 0 Å². The number of hydrogen-bond donors (Lipinski definition) is 2. The lowest BCUT2D eigenvalue weighted by molar-refractivity contribution is 0.467. The van der Waals surface area contributed by atoms with Crippen molar-refractivity contribution in [2.24, 2.45) is 0 Å². The summed E-state index contributed by atoms with van der Waals surface area (Å²) in [7, 11) is 0. The van der Waals surface area contributed by atoms with Crippen molar-refractivity contribution in [2.75, 3.05) is 0 Å². The molecule has 1 heterocycles. The number of para-hydroxylation sites is 2. The van der Waals surface area contributed by atoms with Crippen LogP contribution >= 0.6 is 0 Å². The second kappa shape index (κ2) is 5.89. The van der Waals surface area contributed by atoms with E-state index in [-0.39, 0.29) is 5.92 Å². The van der Waals surface area contributed by atoms with E-state index in [1.807, 2.05) is 42.5 Å². The van der Waals surface area contributed by atoms with Crippen molar-refractivity contribution in [3.8, 4) is 5.75 Å². The molecule has 0 aliphatic carbocycles. The van der Waals surface area contributed by atoms with E-state index in [1.54, 1.807) is 6.07 Å². The Balaban J connectivity index is 2.03. The van der Waals surface area contributed by atoms with Crippen LogP contribution < -0.4 is 0 Å². The smallest absolute Gasteiger partial charge is 0.119 e. The molecule has 3 aromatic carbocycles. The molecule has 118 valence electrons. The molecule has 2 N–H and O–H groups in total. The zero-order valence-electron chi connectivity index (χ0n) is 13.5. The van der Waals surface area contributed by atoms with E-state index in [2.05, 4.69) is 42.2 Å². The highest BCUT2D eigenvalue weighted by Crippen LogP contribution is 2.41. The molecule has 1 atom stereocenters. The van der Waals surface area contributed by atoms with E-state index in [9.17, 15) is 5.11 Å². The molecule has 0 spiro atoms. The third kappa shape index (κ3) is 2.37. The number of aromatic amines is 1. The Hall–Kier alpha value is -3.00. The maximum absolute atomic E-state index is 10.5. The van der Waals surface area contributed by atoms with Crippen LogP contribution in [0.5, 0.6) is 5.75 Å². The van der Waals surface area contributed by atoms with E-state index in [1.165, 1.54) is 16.5 Å². The molecule has 1 unspecified atom stereocenters. The molecule has 1 aromatic heterocycles. The van der Waals surface area contributed by atoms with Gasteiger partial charge in [-0.25, -0.2) is 0 Å². The van der Waals surface area contributed by atoms with Gasteiger partial charge in [-0.05, 0) is 30.2 Å². The van der Waals surface area contributed by atoms with Gasteiger partial charge in [0.15, 0.2) is 0 Å². The van der Waals surface area contributed by atoms with E-state index >= 15 is 0 Å². The monoisotopic (exact) mass is 313 g/mol. The molecule has 4 aromatic rings. The Bertz CT molecular complexity index is 985. The van der Waals surface area contributed by atoms with E-state index < -0.39 is 0 Å². The van der Waals surface area contributed by atoms with Crippen LogP contribution in [0.15, 0.2) is 78.9 Å². The second-order valence-corrected chi connectivity index (χ2v) is 6.11.